The molecule has 2 aromatic heterocycles. The number of aryl methyl sites for hydroxylation is 2. The van der Waals surface area contributed by atoms with Gasteiger partial charge in [0.1, 0.15) is 5.75 Å². The van der Waals surface area contributed by atoms with Crippen LogP contribution in [-0.4, -0.2) is 41.6 Å². The lowest BCUT2D eigenvalue weighted by molar-refractivity contribution is 0.160. The van der Waals surface area contributed by atoms with Gasteiger partial charge in [0, 0.05) is 27.9 Å². The molecule has 1 aliphatic rings. The van der Waals surface area contributed by atoms with Gasteiger partial charge in [0.15, 0.2) is 0 Å². The average molecular weight is 392 g/mol. The Labute approximate surface area is 174 Å². The van der Waals surface area contributed by atoms with Gasteiger partial charge < -0.3 is 14.6 Å². The molecular formula is C25H33N3O. The fraction of sp³-hybridized carbons (Fsp3) is 0.480. The van der Waals surface area contributed by atoms with E-state index in [0.29, 0.717) is 11.8 Å². The van der Waals surface area contributed by atoms with Crippen molar-refractivity contribution in [2.24, 2.45) is 5.92 Å². The number of fused-ring (bicyclic) bond motifs is 1. The first kappa shape index (κ1) is 20.0. The van der Waals surface area contributed by atoms with Gasteiger partial charge in [-0.05, 0) is 94.6 Å². The molecule has 1 aromatic carbocycles. The fourth-order valence-corrected chi connectivity index (χ4v) is 4.53. The number of H-pyrrole nitrogens is 1. The highest BCUT2D eigenvalue weighted by Crippen LogP contribution is 2.37. The molecule has 29 heavy (non-hydrogen) atoms. The van der Waals surface area contributed by atoms with Crippen molar-refractivity contribution in [3.8, 4) is 17.0 Å². The molecule has 0 radical (unpaired) electrons. The predicted octanol–water partition coefficient (Wildman–Crippen LogP) is 5.69. The standard InChI is InChI=1S/C25H33N3O/c1-16(2)24-22-14-21(29-15-19-8-10-28(5)11-9-19)6-7-23(22)27-25(24)20-12-17(3)26-18(4)13-20/h6-7,12-14,16,19,27H,8-11,15H2,1-5H3. The van der Waals surface area contributed by atoms with Crippen molar-refractivity contribution in [2.75, 3.05) is 26.7 Å². The lowest BCUT2D eigenvalue weighted by Gasteiger charge is -2.28. The smallest absolute Gasteiger partial charge is 0.120 e. The second-order valence-electron chi connectivity index (χ2n) is 8.97. The third kappa shape index (κ3) is 4.32. The van der Waals surface area contributed by atoms with E-state index in [0.717, 1.165) is 23.7 Å². The van der Waals surface area contributed by atoms with E-state index in [-0.39, 0.29) is 0 Å². The molecule has 0 aliphatic carbocycles. The number of aromatic nitrogens is 2. The molecule has 3 aromatic rings. The summed E-state index contributed by atoms with van der Waals surface area (Å²) >= 11 is 0. The topological polar surface area (TPSA) is 41.1 Å². The summed E-state index contributed by atoms with van der Waals surface area (Å²) in [6.07, 6.45) is 2.45. The van der Waals surface area contributed by atoms with E-state index in [2.05, 4.69) is 79.9 Å². The van der Waals surface area contributed by atoms with Gasteiger partial charge in [-0.25, -0.2) is 0 Å². The highest BCUT2D eigenvalue weighted by atomic mass is 16.5. The maximum absolute atomic E-state index is 6.23. The van der Waals surface area contributed by atoms with Gasteiger partial charge in [-0.15, -0.1) is 0 Å². The van der Waals surface area contributed by atoms with Gasteiger partial charge in [0.2, 0.25) is 0 Å². The van der Waals surface area contributed by atoms with E-state index in [1.165, 1.54) is 53.7 Å². The van der Waals surface area contributed by atoms with E-state index in [1.54, 1.807) is 0 Å². The third-order valence-electron chi connectivity index (χ3n) is 6.08. The Hall–Kier alpha value is -2.33. The minimum atomic E-state index is 0.414. The number of piperidine rings is 1. The number of nitrogens with one attached hydrogen (secondary N) is 1. The zero-order valence-electron chi connectivity index (χ0n) is 18.4. The minimum Gasteiger partial charge on any atom is -0.493 e. The van der Waals surface area contributed by atoms with Crippen LogP contribution in [0.4, 0.5) is 0 Å². The first-order valence-electron chi connectivity index (χ1n) is 10.8. The molecule has 3 heterocycles. The molecule has 1 fully saturated rings. The summed E-state index contributed by atoms with van der Waals surface area (Å²) < 4.78 is 6.23. The molecule has 4 heteroatoms. The summed E-state index contributed by atoms with van der Waals surface area (Å²) in [5, 5.41) is 1.27. The first-order chi connectivity index (χ1) is 13.9. The number of nitrogens with zero attached hydrogens (tertiary/aromatic N) is 2. The summed E-state index contributed by atoms with van der Waals surface area (Å²) in [5.74, 6) is 2.05. The van der Waals surface area contributed by atoms with Crippen LogP contribution in [0.15, 0.2) is 30.3 Å². The van der Waals surface area contributed by atoms with Gasteiger partial charge in [-0.1, -0.05) is 13.8 Å². The number of ether oxygens (including phenoxy) is 1. The number of rotatable bonds is 5. The Balaban J connectivity index is 1.64. The second kappa shape index (κ2) is 8.19. The van der Waals surface area contributed by atoms with Crippen LogP contribution in [0.1, 0.15) is 49.6 Å². The first-order valence-corrected chi connectivity index (χ1v) is 10.8. The minimum absolute atomic E-state index is 0.414. The van der Waals surface area contributed by atoms with Crippen LogP contribution >= 0.6 is 0 Å². The molecule has 0 atom stereocenters. The molecule has 154 valence electrons. The van der Waals surface area contributed by atoms with Crippen molar-refractivity contribution in [2.45, 2.75) is 46.5 Å². The van der Waals surface area contributed by atoms with Gasteiger partial charge in [-0.2, -0.15) is 0 Å². The number of pyridine rings is 1. The van der Waals surface area contributed by atoms with Crippen molar-refractivity contribution in [3.05, 3.63) is 47.3 Å². The highest BCUT2D eigenvalue weighted by Gasteiger charge is 2.19. The van der Waals surface area contributed by atoms with E-state index < -0.39 is 0 Å². The van der Waals surface area contributed by atoms with Crippen LogP contribution in [0.25, 0.3) is 22.2 Å². The van der Waals surface area contributed by atoms with Gasteiger partial charge >= 0.3 is 0 Å². The Bertz CT molecular complexity index is 976. The summed E-state index contributed by atoms with van der Waals surface area (Å²) in [7, 11) is 2.20. The fourth-order valence-electron chi connectivity index (χ4n) is 4.53. The molecule has 0 amide bonds. The van der Waals surface area contributed by atoms with Crippen LogP contribution in [0.5, 0.6) is 5.75 Å². The summed E-state index contributed by atoms with van der Waals surface area (Å²) in [4.78, 5) is 10.6. The van der Waals surface area contributed by atoms with Crippen LogP contribution < -0.4 is 4.74 Å². The van der Waals surface area contributed by atoms with Gasteiger partial charge in [-0.3, -0.25) is 4.98 Å². The van der Waals surface area contributed by atoms with Crippen molar-refractivity contribution in [3.63, 3.8) is 0 Å². The van der Waals surface area contributed by atoms with Crippen LogP contribution in [0, 0.1) is 19.8 Å². The van der Waals surface area contributed by atoms with E-state index in [9.17, 15) is 0 Å². The maximum atomic E-state index is 6.23. The number of aromatic amines is 1. The predicted molar refractivity (Wildman–Crippen MR) is 121 cm³/mol. The normalized spacial score (nSPS) is 16.1. The number of likely N-dealkylation sites (tertiary alicyclic amines) is 1. The van der Waals surface area contributed by atoms with E-state index in [4.69, 9.17) is 4.74 Å². The average Bonchev–Trinajstić information content (AvgIpc) is 3.06. The van der Waals surface area contributed by atoms with Crippen LogP contribution in [0.3, 0.4) is 0 Å². The molecule has 0 spiro atoms. The quantitative estimate of drug-likeness (QED) is 0.607. The molecule has 4 rings (SSSR count). The number of hydrogen-bond acceptors (Lipinski definition) is 3. The highest BCUT2D eigenvalue weighted by molar-refractivity contribution is 5.92. The largest absolute Gasteiger partial charge is 0.493 e. The molecule has 0 bridgehead atoms. The van der Waals surface area contributed by atoms with Crippen molar-refractivity contribution in [1.82, 2.24) is 14.9 Å². The monoisotopic (exact) mass is 391 g/mol. The molecule has 0 saturated carbocycles. The number of benzene rings is 1. The molecular weight excluding hydrogens is 358 g/mol. The molecule has 1 saturated heterocycles. The summed E-state index contributed by atoms with van der Waals surface area (Å²) in [5.41, 5.74) is 7.04. The Kier molecular flexibility index (Phi) is 5.64. The van der Waals surface area contributed by atoms with E-state index >= 15 is 0 Å². The number of hydrogen-bond donors (Lipinski definition) is 1. The van der Waals surface area contributed by atoms with Crippen molar-refractivity contribution >= 4 is 10.9 Å². The van der Waals surface area contributed by atoms with Gasteiger partial charge in [0.05, 0.1) is 12.3 Å². The van der Waals surface area contributed by atoms with Crippen molar-refractivity contribution < 1.29 is 4.74 Å². The Morgan fingerprint density at radius 3 is 2.45 bits per heavy atom. The zero-order valence-corrected chi connectivity index (χ0v) is 18.4. The molecule has 1 aliphatic heterocycles. The van der Waals surface area contributed by atoms with Gasteiger partial charge in [0.25, 0.3) is 0 Å². The summed E-state index contributed by atoms with van der Waals surface area (Å²) in [6.45, 7) is 11.8. The van der Waals surface area contributed by atoms with Crippen LogP contribution in [0.2, 0.25) is 0 Å². The molecule has 4 nitrogen and oxygen atoms in total. The Morgan fingerprint density at radius 1 is 1.10 bits per heavy atom. The zero-order chi connectivity index (χ0) is 20.5. The SMILES string of the molecule is Cc1cc(-c2[nH]c3ccc(OCC4CCN(C)CC4)cc3c2C(C)C)cc(C)n1. The molecule has 0 unspecified atom stereocenters. The third-order valence-corrected chi connectivity index (χ3v) is 6.08. The maximum Gasteiger partial charge on any atom is 0.120 e. The second-order valence-corrected chi connectivity index (χ2v) is 8.97. The lowest BCUT2D eigenvalue weighted by Crippen LogP contribution is -2.32. The summed E-state index contributed by atoms with van der Waals surface area (Å²) in [6, 6.07) is 10.8. The lowest BCUT2D eigenvalue weighted by atomic mass is 9.96. The Morgan fingerprint density at radius 2 is 1.79 bits per heavy atom. The van der Waals surface area contributed by atoms with Crippen molar-refractivity contribution in [1.29, 1.82) is 0 Å². The molecule has 1 N–H and O–H groups in total. The van der Waals surface area contributed by atoms with Crippen LogP contribution in [-0.2, 0) is 0 Å². The van der Waals surface area contributed by atoms with E-state index in [1.807, 2.05) is 0 Å².